The summed E-state index contributed by atoms with van der Waals surface area (Å²) in [5.74, 6) is 0.270. The SMILES string of the molecule is COc1ncc(Br)c2cc(C)n(S(=O)(=O)c3ccc(C)cc3)c12. The molecule has 0 fully saturated rings. The number of halogens is 1. The van der Waals surface area contributed by atoms with Crippen molar-refractivity contribution in [3.05, 3.63) is 52.3 Å². The van der Waals surface area contributed by atoms with E-state index < -0.39 is 10.0 Å². The molecule has 3 rings (SSSR count). The molecule has 0 aliphatic carbocycles. The van der Waals surface area contributed by atoms with Gasteiger partial charge in [0.25, 0.3) is 10.0 Å². The van der Waals surface area contributed by atoms with E-state index in [1.165, 1.54) is 11.1 Å². The molecule has 3 aromatic rings. The maximum atomic E-state index is 13.1. The van der Waals surface area contributed by atoms with Crippen molar-refractivity contribution in [3.63, 3.8) is 0 Å². The number of nitrogens with zero attached hydrogens (tertiary/aromatic N) is 2. The Balaban J connectivity index is 2.37. The molecular formula is C16H15BrN2O3S. The third-order valence-electron chi connectivity index (χ3n) is 3.64. The lowest BCUT2D eigenvalue weighted by molar-refractivity contribution is 0.402. The van der Waals surface area contributed by atoms with Gasteiger partial charge in [-0.2, -0.15) is 0 Å². The summed E-state index contributed by atoms with van der Waals surface area (Å²) in [5.41, 5.74) is 2.02. The Labute approximate surface area is 143 Å². The van der Waals surface area contributed by atoms with Crippen LogP contribution in [-0.4, -0.2) is 24.5 Å². The van der Waals surface area contributed by atoms with E-state index in [1.54, 1.807) is 43.5 Å². The number of hydrogen-bond acceptors (Lipinski definition) is 4. The first-order valence-corrected chi connectivity index (χ1v) is 9.12. The van der Waals surface area contributed by atoms with Crippen molar-refractivity contribution in [2.75, 3.05) is 7.11 Å². The zero-order valence-electron chi connectivity index (χ0n) is 12.9. The van der Waals surface area contributed by atoms with Crippen LogP contribution in [0.2, 0.25) is 0 Å². The predicted molar refractivity (Wildman–Crippen MR) is 92.5 cm³/mol. The highest BCUT2D eigenvalue weighted by Gasteiger charge is 2.25. The minimum atomic E-state index is -3.74. The number of pyridine rings is 1. The number of benzene rings is 1. The number of fused-ring (bicyclic) bond motifs is 1. The Morgan fingerprint density at radius 1 is 1.17 bits per heavy atom. The van der Waals surface area contributed by atoms with Gasteiger partial charge in [-0.15, -0.1) is 0 Å². The van der Waals surface area contributed by atoms with E-state index >= 15 is 0 Å². The molecule has 0 spiro atoms. The van der Waals surface area contributed by atoms with Crippen molar-refractivity contribution in [1.82, 2.24) is 8.96 Å². The van der Waals surface area contributed by atoms with E-state index in [1.807, 2.05) is 6.92 Å². The second-order valence-corrected chi connectivity index (χ2v) is 7.89. The van der Waals surface area contributed by atoms with Gasteiger partial charge in [0.15, 0.2) is 0 Å². The van der Waals surface area contributed by atoms with Gasteiger partial charge in [0.1, 0.15) is 5.52 Å². The predicted octanol–water partition coefficient (Wildman–Crippen LogP) is 3.66. The Morgan fingerprint density at radius 3 is 2.43 bits per heavy atom. The normalized spacial score (nSPS) is 11.8. The van der Waals surface area contributed by atoms with Crippen LogP contribution in [0.25, 0.3) is 10.9 Å². The molecule has 7 heteroatoms. The summed E-state index contributed by atoms with van der Waals surface area (Å²) in [7, 11) is -2.27. The molecule has 0 N–H and O–H groups in total. The van der Waals surface area contributed by atoms with Gasteiger partial charge in [0.2, 0.25) is 5.88 Å². The van der Waals surface area contributed by atoms with Crippen LogP contribution >= 0.6 is 15.9 Å². The molecule has 23 heavy (non-hydrogen) atoms. The summed E-state index contributed by atoms with van der Waals surface area (Å²) in [5, 5.41) is 0.741. The van der Waals surface area contributed by atoms with E-state index in [0.717, 1.165) is 10.9 Å². The zero-order valence-corrected chi connectivity index (χ0v) is 15.3. The summed E-state index contributed by atoms with van der Waals surface area (Å²) < 4.78 is 33.4. The smallest absolute Gasteiger partial charge is 0.268 e. The Morgan fingerprint density at radius 2 is 1.83 bits per heavy atom. The molecule has 0 bridgehead atoms. The molecule has 2 heterocycles. The third kappa shape index (κ3) is 2.53. The number of methoxy groups -OCH3 is 1. The van der Waals surface area contributed by atoms with Crippen molar-refractivity contribution in [2.45, 2.75) is 18.7 Å². The standard InChI is InChI=1S/C16H15BrN2O3S/c1-10-4-6-12(7-5-10)23(20,21)19-11(2)8-13-14(17)9-18-16(22-3)15(13)19/h4-9H,1-3H3. The number of aryl methyl sites for hydroxylation is 2. The fourth-order valence-corrected chi connectivity index (χ4v) is 4.47. The average molecular weight is 395 g/mol. The number of ether oxygens (including phenoxy) is 1. The minimum Gasteiger partial charge on any atom is -0.479 e. The van der Waals surface area contributed by atoms with E-state index in [4.69, 9.17) is 4.74 Å². The first kappa shape index (κ1) is 16.0. The molecule has 0 atom stereocenters. The molecule has 2 aromatic heterocycles. The highest BCUT2D eigenvalue weighted by molar-refractivity contribution is 9.10. The molecule has 0 saturated heterocycles. The number of aromatic nitrogens is 2. The fraction of sp³-hybridized carbons (Fsp3) is 0.188. The van der Waals surface area contributed by atoms with E-state index in [2.05, 4.69) is 20.9 Å². The Kier molecular flexibility index (Phi) is 3.93. The van der Waals surface area contributed by atoms with Crippen LogP contribution in [0.3, 0.4) is 0 Å². The van der Waals surface area contributed by atoms with Gasteiger partial charge >= 0.3 is 0 Å². The molecule has 5 nitrogen and oxygen atoms in total. The van der Waals surface area contributed by atoms with Crippen molar-refractivity contribution in [3.8, 4) is 5.88 Å². The molecule has 0 amide bonds. The van der Waals surface area contributed by atoms with Crippen molar-refractivity contribution in [2.24, 2.45) is 0 Å². The van der Waals surface area contributed by atoms with Gasteiger partial charge in [-0.25, -0.2) is 17.4 Å². The van der Waals surface area contributed by atoms with Gasteiger partial charge in [-0.05, 0) is 48.0 Å². The summed E-state index contributed by atoms with van der Waals surface area (Å²) in [6, 6.07) is 8.57. The van der Waals surface area contributed by atoms with E-state index in [9.17, 15) is 8.42 Å². The van der Waals surface area contributed by atoms with Crippen LogP contribution in [0.1, 0.15) is 11.3 Å². The molecule has 1 aromatic carbocycles. The van der Waals surface area contributed by atoms with Crippen LogP contribution in [0.15, 0.2) is 45.9 Å². The van der Waals surface area contributed by atoms with Crippen LogP contribution in [-0.2, 0) is 10.0 Å². The highest BCUT2D eigenvalue weighted by Crippen LogP contribution is 2.34. The molecule has 0 unspecified atom stereocenters. The largest absolute Gasteiger partial charge is 0.479 e. The number of hydrogen-bond donors (Lipinski definition) is 0. The summed E-state index contributed by atoms with van der Waals surface area (Å²) in [6.07, 6.45) is 1.60. The van der Waals surface area contributed by atoms with Gasteiger partial charge in [0.05, 0.1) is 12.0 Å². The van der Waals surface area contributed by atoms with E-state index in [-0.39, 0.29) is 10.8 Å². The van der Waals surface area contributed by atoms with Crippen molar-refractivity contribution in [1.29, 1.82) is 0 Å². The molecule has 0 aliphatic heterocycles. The third-order valence-corrected chi connectivity index (χ3v) is 6.09. The molecule has 0 saturated carbocycles. The van der Waals surface area contributed by atoms with Crippen LogP contribution < -0.4 is 4.74 Å². The quantitative estimate of drug-likeness (QED) is 0.679. The van der Waals surface area contributed by atoms with Gasteiger partial charge in [-0.3, -0.25) is 0 Å². The fourth-order valence-electron chi connectivity index (χ4n) is 2.53. The number of rotatable bonds is 3. The van der Waals surface area contributed by atoms with Crippen molar-refractivity contribution < 1.29 is 13.2 Å². The average Bonchev–Trinajstić information content (AvgIpc) is 2.87. The Bertz CT molecular complexity index is 992. The monoisotopic (exact) mass is 394 g/mol. The molecular weight excluding hydrogens is 380 g/mol. The minimum absolute atomic E-state index is 0.228. The summed E-state index contributed by atoms with van der Waals surface area (Å²) in [4.78, 5) is 4.39. The van der Waals surface area contributed by atoms with Gasteiger partial charge in [-0.1, -0.05) is 17.7 Å². The molecule has 120 valence electrons. The summed E-state index contributed by atoms with van der Waals surface area (Å²) in [6.45, 7) is 3.66. The molecule has 0 aliphatic rings. The topological polar surface area (TPSA) is 61.2 Å². The van der Waals surface area contributed by atoms with Gasteiger partial charge in [0, 0.05) is 21.7 Å². The van der Waals surface area contributed by atoms with Crippen LogP contribution in [0, 0.1) is 13.8 Å². The Hall–Kier alpha value is -1.86. The second-order valence-electron chi connectivity index (χ2n) is 5.25. The van der Waals surface area contributed by atoms with Crippen molar-refractivity contribution >= 4 is 36.9 Å². The zero-order chi connectivity index (χ0) is 16.8. The van der Waals surface area contributed by atoms with Crippen LogP contribution in [0.5, 0.6) is 5.88 Å². The maximum Gasteiger partial charge on any atom is 0.268 e. The molecule has 0 radical (unpaired) electrons. The van der Waals surface area contributed by atoms with Crippen LogP contribution in [0.4, 0.5) is 0 Å². The highest BCUT2D eigenvalue weighted by atomic mass is 79.9. The lowest BCUT2D eigenvalue weighted by Crippen LogP contribution is -2.15. The first-order valence-electron chi connectivity index (χ1n) is 6.89. The maximum absolute atomic E-state index is 13.1. The lowest BCUT2D eigenvalue weighted by atomic mass is 10.2. The van der Waals surface area contributed by atoms with E-state index in [0.29, 0.717) is 15.7 Å². The summed E-state index contributed by atoms with van der Waals surface area (Å²) >= 11 is 3.41. The second kappa shape index (κ2) is 5.65. The first-order chi connectivity index (χ1) is 10.9. The van der Waals surface area contributed by atoms with Gasteiger partial charge < -0.3 is 4.74 Å². The lowest BCUT2D eigenvalue weighted by Gasteiger charge is -2.12.